The lowest BCUT2D eigenvalue weighted by atomic mass is 9.97. The van der Waals surface area contributed by atoms with Crippen molar-refractivity contribution in [3.8, 4) is 0 Å². The molecule has 3 nitrogen and oxygen atoms in total. The molecule has 1 unspecified atom stereocenters. The van der Waals surface area contributed by atoms with Gasteiger partial charge in [0, 0.05) is 11.0 Å². The third kappa shape index (κ3) is 4.16. The van der Waals surface area contributed by atoms with E-state index in [1.54, 1.807) is 0 Å². The second-order valence-corrected chi connectivity index (χ2v) is 5.90. The summed E-state index contributed by atoms with van der Waals surface area (Å²) >= 11 is 3.41. The van der Waals surface area contributed by atoms with Crippen LogP contribution in [0.3, 0.4) is 0 Å². The molecule has 0 aliphatic heterocycles. The van der Waals surface area contributed by atoms with Crippen molar-refractivity contribution < 1.29 is 4.79 Å². The maximum Gasteiger partial charge on any atom is 0.229 e. The van der Waals surface area contributed by atoms with Crippen molar-refractivity contribution in [2.24, 2.45) is 5.73 Å². The van der Waals surface area contributed by atoms with Gasteiger partial charge < -0.3 is 11.1 Å². The number of carbonyl (C=O) groups excluding carboxylic acids is 1. The number of carbonyl (C=O) groups is 1. The molecular formula is C17H19BrN2O. The van der Waals surface area contributed by atoms with Crippen LogP contribution in [0.25, 0.3) is 0 Å². The lowest BCUT2D eigenvalue weighted by Crippen LogP contribution is -2.35. The SMILES string of the molecule is C[C@H](NC(=O)C(CN)c1ccccc1)c1ccc(Br)cc1. The third-order valence-corrected chi connectivity index (χ3v) is 4.01. The summed E-state index contributed by atoms with van der Waals surface area (Å²) in [5.41, 5.74) is 7.78. The highest BCUT2D eigenvalue weighted by atomic mass is 79.9. The molecule has 110 valence electrons. The molecule has 0 heterocycles. The molecule has 2 aromatic rings. The van der Waals surface area contributed by atoms with Crippen LogP contribution in [0.2, 0.25) is 0 Å². The predicted molar refractivity (Wildman–Crippen MR) is 88.9 cm³/mol. The van der Waals surface area contributed by atoms with Gasteiger partial charge >= 0.3 is 0 Å². The lowest BCUT2D eigenvalue weighted by Gasteiger charge is -2.20. The molecule has 0 fully saturated rings. The molecule has 2 atom stereocenters. The number of hydrogen-bond acceptors (Lipinski definition) is 2. The van der Waals surface area contributed by atoms with Crippen LogP contribution in [0.4, 0.5) is 0 Å². The van der Waals surface area contributed by atoms with Crippen LogP contribution in [0, 0.1) is 0 Å². The molecule has 2 rings (SSSR count). The van der Waals surface area contributed by atoms with E-state index < -0.39 is 0 Å². The minimum absolute atomic E-state index is 0.0425. The van der Waals surface area contributed by atoms with Crippen LogP contribution in [-0.2, 0) is 4.79 Å². The van der Waals surface area contributed by atoms with Gasteiger partial charge in [0.2, 0.25) is 5.91 Å². The van der Waals surface area contributed by atoms with Crippen LogP contribution in [0.1, 0.15) is 30.0 Å². The number of halogens is 1. The highest BCUT2D eigenvalue weighted by Crippen LogP contribution is 2.19. The standard InChI is InChI=1S/C17H19BrN2O/c1-12(13-7-9-15(18)10-8-13)20-17(21)16(11-19)14-5-3-2-4-6-14/h2-10,12,16H,11,19H2,1H3,(H,20,21)/t12-,16?/m0/s1. The number of nitrogens with one attached hydrogen (secondary N) is 1. The largest absolute Gasteiger partial charge is 0.349 e. The van der Waals surface area contributed by atoms with E-state index in [9.17, 15) is 4.79 Å². The van der Waals surface area contributed by atoms with Crippen LogP contribution < -0.4 is 11.1 Å². The summed E-state index contributed by atoms with van der Waals surface area (Å²) in [5, 5.41) is 3.03. The van der Waals surface area contributed by atoms with Crippen molar-refractivity contribution in [2.75, 3.05) is 6.54 Å². The Balaban J connectivity index is 2.07. The molecule has 0 radical (unpaired) electrons. The van der Waals surface area contributed by atoms with Gasteiger partial charge in [-0.1, -0.05) is 58.4 Å². The van der Waals surface area contributed by atoms with Crippen molar-refractivity contribution >= 4 is 21.8 Å². The van der Waals surface area contributed by atoms with E-state index in [0.29, 0.717) is 6.54 Å². The zero-order valence-electron chi connectivity index (χ0n) is 11.9. The Hall–Kier alpha value is -1.65. The van der Waals surface area contributed by atoms with E-state index in [0.717, 1.165) is 15.6 Å². The van der Waals surface area contributed by atoms with Crippen molar-refractivity contribution in [3.05, 3.63) is 70.2 Å². The second kappa shape index (κ2) is 7.38. The van der Waals surface area contributed by atoms with Crippen LogP contribution in [0.15, 0.2) is 59.1 Å². The predicted octanol–water partition coefficient (Wildman–Crippen LogP) is 3.37. The van der Waals surface area contributed by atoms with Crippen molar-refractivity contribution in [1.82, 2.24) is 5.32 Å². The summed E-state index contributed by atoms with van der Waals surface area (Å²) in [7, 11) is 0. The Kier molecular flexibility index (Phi) is 5.53. The van der Waals surface area contributed by atoms with Gasteiger partial charge in [0.25, 0.3) is 0 Å². The first-order chi connectivity index (χ1) is 10.1. The monoisotopic (exact) mass is 346 g/mol. The number of amides is 1. The molecule has 3 N–H and O–H groups in total. The Morgan fingerprint density at radius 2 is 1.71 bits per heavy atom. The van der Waals surface area contributed by atoms with Gasteiger partial charge in [-0.3, -0.25) is 4.79 Å². The molecule has 0 spiro atoms. The first kappa shape index (κ1) is 15.7. The zero-order chi connectivity index (χ0) is 15.2. The number of rotatable bonds is 5. The van der Waals surface area contributed by atoms with Gasteiger partial charge in [0.15, 0.2) is 0 Å². The fourth-order valence-electron chi connectivity index (χ4n) is 2.23. The van der Waals surface area contributed by atoms with E-state index in [2.05, 4.69) is 21.2 Å². The minimum atomic E-state index is -0.316. The van der Waals surface area contributed by atoms with E-state index in [1.807, 2.05) is 61.5 Å². The van der Waals surface area contributed by atoms with Gasteiger partial charge in [-0.05, 0) is 30.2 Å². The van der Waals surface area contributed by atoms with Crippen LogP contribution >= 0.6 is 15.9 Å². The lowest BCUT2D eigenvalue weighted by molar-refractivity contribution is -0.123. The van der Waals surface area contributed by atoms with E-state index in [1.165, 1.54) is 0 Å². The smallest absolute Gasteiger partial charge is 0.229 e. The van der Waals surface area contributed by atoms with Crippen LogP contribution in [-0.4, -0.2) is 12.5 Å². The number of benzene rings is 2. The molecule has 1 amide bonds. The van der Waals surface area contributed by atoms with Crippen molar-refractivity contribution in [1.29, 1.82) is 0 Å². The molecule has 4 heteroatoms. The van der Waals surface area contributed by atoms with Gasteiger partial charge in [0.05, 0.1) is 12.0 Å². The summed E-state index contributed by atoms with van der Waals surface area (Å²) in [6.45, 7) is 2.27. The molecule has 0 saturated heterocycles. The first-order valence-electron chi connectivity index (χ1n) is 6.92. The van der Waals surface area contributed by atoms with Gasteiger partial charge in [0.1, 0.15) is 0 Å². The highest BCUT2D eigenvalue weighted by molar-refractivity contribution is 9.10. The van der Waals surface area contributed by atoms with Gasteiger partial charge in [-0.25, -0.2) is 0 Å². The topological polar surface area (TPSA) is 55.1 Å². The summed E-state index contributed by atoms with van der Waals surface area (Å²) in [6.07, 6.45) is 0. The fraction of sp³-hybridized carbons (Fsp3) is 0.235. The molecule has 0 aromatic heterocycles. The van der Waals surface area contributed by atoms with Gasteiger partial charge in [-0.2, -0.15) is 0 Å². The molecule has 0 bridgehead atoms. The fourth-order valence-corrected chi connectivity index (χ4v) is 2.49. The van der Waals surface area contributed by atoms with Crippen LogP contribution in [0.5, 0.6) is 0 Å². The quantitative estimate of drug-likeness (QED) is 0.871. The zero-order valence-corrected chi connectivity index (χ0v) is 13.5. The molecule has 0 aliphatic carbocycles. The Bertz CT molecular complexity index is 583. The number of hydrogen-bond donors (Lipinski definition) is 2. The minimum Gasteiger partial charge on any atom is -0.349 e. The molecule has 21 heavy (non-hydrogen) atoms. The highest BCUT2D eigenvalue weighted by Gasteiger charge is 2.20. The Morgan fingerprint density at radius 3 is 2.29 bits per heavy atom. The average molecular weight is 347 g/mol. The van der Waals surface area contributed by atoms with Crippen molar-refractivity contribution in [2.45, 2.75) is 18.9 Å². The van der Waals surface area contributed by atoms with E-state index in [-0.39, 0.29) is 17.9 Å². The summed E-state index contributed by atoms with van der Waals surface area (Å²) in [6, 6.07) is 17.5. The molecule has 0 saturated carbocycles. The average Bonchev–Trinajstić information content (AvgIpc) is 2.49. The third-order valence-electron chi connectivity index (χ3n) is 3.48. The molecule has 2 aromatic carbocycles. The van der Waals surface area contributed by atoms with E-state index in [4.69, 9.17) is 5.73 Å². The summed E-state index contributed by atoms with van der Waals surface area (Å²) < 4.78 is 1.02. The normalized spacial score (nSPS) is 13.5. The second-order valence-electron chi connectivity index (χ2n) is 4.98. The van der Waals surface area contributed by atoms with Crippen molar-refractivity contribution in [3.63, 3.8) is 0 Å². The Morgan fingerprint density at radius 1 is 1.10 bits per heavy atom. The first-order valence-corrected chi connectivity index (χ1v) is 7.72. The van der Waals surface area contributed by atoms with Gasteiger partial charge in [-0.15, -0.1) is 0 Å². The van der Waals surface area contributed by atoms with E-state index >= 15 is 0 Å². The maximum absolute atomic E-state index is 12.4. The number of nitrogens with two attached hydrogens (primary N) is 1. The maximum atomic E-state index is 12.4. The summed E-state index contributed by atoms with van der Waals surface area (Å²) in [4.78, 5) is 12.4. The summed E-state index contributed by atoms with van der Waals surface area (Å²) in [5.74, 6) is -0.358. The molecule has 0 aliphatic rings. The Labute approximate surface area is 133 Å². The molecular weight excluding hydrogens is 328 g/mol.